The zero-order chi connectivity index (χ0) is 18.8. The summed E-state index contributed by atoms with van der Waals surface area (Å²) in [4.78, 5) is 32.0. The summed E-state index contributed by atoms with van der Waals surface area (Å²) in [5.41, 5.74) is 1.95. The number of likely N-dealkylation sites (tertiary alicyclic amines) is 1. The maximum atomic E-state index is 12.8. The van der Waals surface area contributed by atoms with Crippen LogP contribution < -0.4 is 10.9 Å². The summed E-state index contributed by atoms with van der Waals surface area (Å²) in [6.45, 7) is 5.29. The van der Waals surface area contributed by atoms with Gasteiger partial charge in [-0.25, -0.2) is 4.98 Å². The number of amides is 1. The van der Waals surface area contributed by atoms with E-state index in [4.69, 9.17) is 0 Å². The van der Waals surface area contributed by atoms with Crippen LogP contribution in [0, 0.1) is 0 Å². The van der Waals surface area contributed by atoms with Crippen molar-refractivity contribution in [3.05, 3.63) is 47.0 Å². The van der Waals surface area contributed by atoms with Crippen LogP contribution >= 0.6 is 0 Å². The van der Waals surface area contributed by atoms with Crippen molar-refractivity contribution in [3.8, 4) is 0 Å². The lowest BCUT2D eigenvalue weighted by Crippen LogP contribution is -2.40. The molecule has 7 nitrogen and oxygen atoms in total. The molecule has 1 amide bonds. The van der Waals surface area contributed by atoms with Crippen LogP contribution in [0.25, 0.3) is 16.7 Å². The molecule has 1 aliphatic heterocycles. The second-order valence-electron chi connectivity index (χ2n) is 7.05. The third-order valence-corrected chi connectivity index (χ3v) is 5.50. The van der Waals surface area contributed by atoms with Gasteiger partial charge in [0.1, 0.15) is 5.52 Å². The highest BCUT2D eigenvalue weighted by atomic mass is 16.2. The predicted octanol–water partition coefficient (Wildman–Crippen LogP) is 1.64. The molecule has 3 aromatic rings. The van der Waals surface area contributed by atoms with Crippen LogP contribution in [0.4, 0.5) is 0 Å². The van der Waals surface area contributed by atoms with Crippen molar-refractivity contribution < 1.29 is 4.79 Å². The Labute approximate surface area is 157 Å². The monoisotopic (exact) mass is 367 g/mol. The molecule has 0 radical (unpaired) electrons. The number of carbonyl (C=O) groups excluding carboxylic acids is 1. The van der Waals surface area contributed by atoms with E-state index >= 15 is 0 Å². The van der Waals surface area contributed by atoms with Gasteiger partial charge in [0.05, 0.1) is 5.52 Å². The number of carbonyl (C=O) groups is 1. The normalized spacial score (nSPS) is 17.7. The molecule has 1 fully saturated rings. The first-order chi connectivity index (χ1) is 13.2. The first kappa shape index (κ1) is 17.7. The minimum atomic E-state index is -0.119. The molecule has 4 heterocycles. The van der Waals surface area contributed by atoms with Gasteiger partial charge in [-0.2, -0.15) is 0 Å². The second-order valence-corrected chi connectivity index (χ2v) is 7.05. The summed E-state index contributed by atoms with van der Waals surface area (Å²) in [6.07, 6.45) is 6.12. The molecule has 3 aromatic heterocycles. The molecule has 1 N–H and O–H groups in total. The van der Waals surface area contributed by atoms with Crippen molar-refractivity contribution in [2.24, 2.45) is 0 Å². The van der Waals surface area contributed by atoms with Gasteiger partial charge in [0, 0.05) is 37.9 Å². The van der Waals surface area contributed by atoms with Crippen molar-refractivity contribution in [2.45, 2.75) is 38.8 Å². The summed E-state index contributed by atoms with van der Waals surface area (Å²) in [5, 5.41) is 3.04. The van der Waals surface area contributed by atoms with Crippen molar-refractivity contribution in [2.75, 3.05) is 19.6 Å². The third kappa shape index (κ3) is 3.35. The number of nitrogens with zero attached hydrogens (tertiary/aromatic N) is 4. The van der Waals surface area contributed by atoms with Gasteiger partial charge in [-0.05, 0) is 50.2 Å². The highest BCUT2D eigenvalue weighted by molar-refractivity contribution is 5.77. The fourth-order valence-corrected chi connectivity index (χ4v) is 4.07. The van der Waals surface area contributed by atoms with E-state index in [1.165, 1.54) is 6.42 Å². The lowest BCUT2D eigenvalue weighted by molar-refractivity contribution is -0.121. The Balaban J connectivity index is 1.49. The number of hydrogen-bond acceptors (Lipinski definition) is 4. The highest BCUT2D eigenvalue weighted by Crippen LogP contribution is 2.16. The van der Waals surface area contributed by atoms with Crippen LogP contribution in [-0.4, -0.2) is 50.4 Å². The zero-order valence-electron chi connectivity index (χ0n) is 15.6. The van der Waals surface area contributed by atoms with E-state index in [-0.39, 0.29) is 17.9 Å². The Morgan fingerprint density at radius 1 is 1.30 bits per heavy atom. The first-order valence-electron chi connectivity index (χ1n) is 9.64. The van der Waals surface area contributed by atoms with Crippen molar-refractivity contribution in [1.29, 1.82) is 0 Å². The SMILES string of the molecule is CCN1CCC[C@@H]1CNC(=O)CCn1c(=O)c2cccn2c2cccnc21. The number of rotatable bonds is 6. The zero-order valence-corrected chi connectivity index (χ0v) is 15.6. The Kier molecular flexibility index (Phi) is 4.94. The van der Waals surface area contributed by atoms with Gasteiger partial charge in [-0.3, -0.25) is 19.1 Å². The molecule has 0 bridgehead atoms. The molecule has 1 saturated heterocycles. The summed E-state index contributed by atoms with van der Waals surface area (Å²) >= 11 is 0. The predicted molar refractivity (Wildman–Crippen MR) is 105 cm³/mol. The Morgan fingerprint density at radius 3 is 3.00 bits per heavy atom. The van der Waals surface area contributed by atoms with Gasteiger partial charge in [0.2, 0.25) is 5.91 Å². The molecule has 0 spiro atoms. The average Bonchev–Trinajstić information content (AvgIpc) is 3.35. The van der Waals surface area contributed by atoms with E-state index in [2.05, 4.69) is 22.1 Å². The largest absolute Gasteiger partial charge is 0.354 e. The number of aromatic nitrogens is 3. The lowest BCUT2D eigenvalue weighted by atomic mass is 10.2. The molecule has 7 heteroatoms. The van der Waals surface area contributed by atoms with Gasteiger partial charge in [0.25, 0.3) is 5.56 Å². The molecular formula is C20H25N5O2. The summed E-state index contributed by atoms with van der Waals surface area (Å²) < 4.78 is 3.46. The minimum Gasteiger partial charge on any atom is -0.354 e. The van der Waals surface area contributed by atoms with E-state index < -0.39 is 0 Å². The van der Waals surface area contributed by atoms with Crippen LogP contribution in [0.3, 0.4) is 0 Å². The van der Waals surface area contributed by atoms with Crippen molar-refractivity contribution in [1.82, 2.24) is 24.2 Å². The Bertz CT molecular complexity index is 1020. The molecular weight excluding hydrogens is 342 g/mol. The van der Waals surface area contributed by atoms with E-state index in [0.29, 0.717) is 30.3 Å². The fourth-order valence-electron chi connectivity index (χ4n) is 4.07. The van der Waals surface area contributed by atoms with Gasteiger partial charge in [-0.15, -0.1) is 0 Å². The summed E-state index contributed by atoms with van der Waals surface area (Å²) in [5.74, 6) is -0.0239. The molecule has 0 aliphatic carbocycles. The Morgan fingerprint density at radius 2 is 2.15 bits per heavy atom. The average molecular weight is 367 g/mol. The number of pyridine rings is 1. The molecule has 1 atom stereocenters. The maximum Gasteiger partial charge on any atom is 0.276 e. The smallest absolute Gasteiger partial charge is 0.276 e. The van der Waals surface area contributed by atoms with Crippen LogP contribution in [0.5, 0.6) is 0 Å². The second kappa shape index (κ2) is 7.52. The van der Waals surface area contributed by atoms with Gasteiger partial charge < -0.3 is 9.72 Å². The number of hydrogen-bond donors (Lipinski definition) is 1. The minimum absolute atomic E-state index is 0.0239. The first-order valence-corrected chi connectivity index (χ1v) is 9.64. The van der Waals surface area contributed by atoms with Gasteiger partial charge in [0.15, 0.2) is 5.65 Å². The molecule has 1 aliphatic rings. The standard InChI is InChI=1S/C20H25N5O2/c1-2-23-11-4-6-15(23)14-22-18(26)9-13-25-19-16(7-3-10-21-19)24-12-5-8-17(24)20(25)27/h3,5,7-8,10,12,15H,2,4,6,9,11,13-14H2,1H3,(H,22,26)/t15-/m1/s1. The molecule has 142 valence electrons. The molecule has 0 saturated carbocycles. The van der Waals surface area contributed by atoms with Crippen LogP contribution in [0.15, 0.2) is 41.5 Å². The topological polar surface area (TPSA) is 71.6 Å². The molecule has 0 unspecified atom stereocenters. The number of likely N-dealkylation sites (N-methyl/N-ethyl adjacent to an activating group) is 1. The number of aryl methyl sites for hydroxylation is 1. The maximum absolute atomic E-state index is 12.8. The third-order valence-electron chi connectivity index (χ3n) is 5.50. The van der Waals surface area contributed by atoms with E-state index in [1.807, 2.05) is 28.8 Å². The summed E-state index contributed by atoms with van der Waals surface area (Å²) in [6, 6.07) is 7.86. The molecule has 27 heavy (non-hydrogen) atoms. The van der Waals surface area contributed by atoms with E-state index in [9.17, 15) is 9.59 Å². The summed E-state index contributed by atoms with van der Waals surface area (Å²) in [7, 11) is 0. The fraction of sp³-hybridized carbons (Fsp3) is 0.450. The van der Waals surface area contributed by atoms with Crippen molar-refractivity contribution in [3.63, 3.8) is 0 Å². The molecule has 4 rings (SSSR count). The molecule has 0 aromatic carbocycles. The van der Waals surface area contributed by atoms with E-state index in [1.54, 1.807) is 16.8 Å². The van der Waals surface area contributed by atoms with Crippen LogP contribution in [0.2, 0.25) is 0 Å². The number of fused-ring (bicyclic) bond motifs is 3. The highest BCUT2D eigenvalue weighted by Gasteiger charge is 2.23. The van der Waals surface area contributed by atoms with Crippen molar-refractivity contribution >= 4 is 22.6 Å². The quantitative estimate of drug-likeness (QED) is 0.719. The number of nitrogens with one attached hydrogen (secondary N) is 1. The van der Waals surface area contributed by atoms with Crippen LogP contribution in [-0.2, 0) is 11.3 Å². The van der Waals surface area contributed by atoms with Gasteiger partial charge in [-0.1, -0.05) is 6.92 Å². The van der Waals surface area contributed by atoms with E-state index in [0.717, 1.165) is 25.0 Å². The lowest BCUT2D eigenvalue weighted by Gasteiger charge is -2.22. The van der Waals surface area contributed by atoms with Gasteiger partial charge >= 0.3 is 0 Å². The van der Waals surface area contributed by atoms with Crippen LogP contribution in [0.1, 0.15) is 26.2 Å². The Hall–Kier alpha value is -2.67.